The number of nitrogen functional groups attached to an aromatic ring is 1. The normalized spacial score (nSPS) is 16.6. The first-order valence-electron chi connectivity index (χ1n) is 4.49. The Morgan fingerprint density at radius 1 is 1.38 bits per heavy atom. The highest BCUT2D eigenvalue weighted by Crippen LogP contribution is 2.40. The maximum atomic E-state index is 5.64. The number of hydrogen-bond acceptors (Lipinski definition) is 3. The van der Waals surface area contributed by atoms with E-state index in [-0.39, 0.29) is 0 Å². The van der Waals surface area contributed by atoms with Crippen LogP contribution in [0.3, 0.4) is 0 Å². The van der Waals surface area contributed by atoms with Gasteiger partial charge in [-0.15, -0.1) is 0 Å². The third-order valence-corrected chi connectivity index (χ3v) is 2.36. The lowest BCUT2D eigenvalue weighted by Gasteiger charge is -1.88. The van der Waals surface area contributed by atoms with Gasteiger partial charge in [0.2, 0.25) is 0 Å². The average Bonchev–Trinajstić information content (AvgIpc) is 2.87. The molecule has 0 amide bonds. The first-order chi connectivity index (χ1) is 6.33. The summed E-state index contributed by atoms with van der Waals surface area (Å²) in [7, 11) is 0. The molecule has 3 nitrogen and oxygen atoms in total. The second-order valence-corrected chi connectivity index (χ2v) is 3.55. The fourth-order valence-corrected chi connectivity index (χ4v) is 1.46. The Morgan fingerprint density at radius 2 is 2.23 bits per heavy atom. The molecule has 0 atom stereocenters. The van der Waals surface area contributed by atoms with Gasteiger partial charge in [0, 0.05) is 17.7 Å². The van der Waals surface area contributed by atoms with E-state index < -0.39 is 0 Å². The highest BCUT2D eigenvalue weighted by atomic mass is 16.3. The molecular weight excluding hydrogens is 164 g/mol. The number of aromatic nitrogens is 1. The molecule has 0 bridgehead atoms. The van der Waals surface area contributed by atoms with Crippen LogP contribution >= 0.6 is 0 Å². The van der Waals surface area contributed by atoms with Gasteiger partial charge < -0.3 is 10.2 Å². The first kappa shape index (κ1) is 6.95. The van der Waals surface area contributed by atoms with Crippen LogP contribution in [0.4, 0.5) is 5.69 Å². The SMILES string of the molecule is Nc1ccc2nc(C3CC3)oc2c1. The molecule has 0 unspecified atom stereocenters. The first-order valence-corrected chi connectivity index (χ1v) is 4.49. The number of fused-ring (bicyclic) bond motifs is 1. The molecule has 1 fully saturated rings. The molecule has 0 aliphatic heterocycles. The molecule has 1 saturated carbocycles. The van der Waals surface area contributed by atoms with Crippen LogP contribution in [-0.2, 0) is 0 Å². The molecule has 1 aromatic heterocycles. The molecule has 13 heavy (non-hydrogen) atoms. The van der Waals surface area contributed by atoms with Crippen molar-refractivity contribution in [2.75, 3.05) is 5.73 Å². The van der Waals surface area contributed by atoms with Crippen molar-refractivity contribution in [3.63, 3.8) is 0 Å². The van der Waals surface area contributed by atoms with Gasteiger partial charge in [0.05, 0.1) is 0 Å². The fourth-order valence-electron chi connectivity index (χ4n) is 1.46. The van der Waals surface area contributed by atoms with Crippen molar-refractivity contribution in [1.82, 2.24) is 4.98 Å². The fraction of sp³-hybridized carbons (Fsp3) is 0.300. The highest BCUT2D eigenvalue weighted by molar-refractivity contribution is 5.76. The lowest BCUT2D eigenvalue weighted by atomic mass is 10.3. The summed E-state index contributed by atoms with van der Waals surface area (Å²) in [4.78, 5) is 4.39. The minimum Gasteiger partial charge on any atom is -0.440 e. The summed E-state index contributed by atoms with van der Waals surface area (Å²) < 4.78 is 5.58. The summed E-state index contributed by atoms with van der Waals surface area (Å²) >= 11 is 0. The predicted octanol–water partition coefficient (Wildman–Crippen LogP) is 2.29. The molecule has 1 aromatic carbocycles. The monoisotopic (exact) mass is 174 g/mol. The van der Waals surface area contributed by atoms with E-state index in [1.165, 1.54) is 12.8 Å². The Kier molecular flexibility index (Phi) is 1.20. The quantitative estimate of drug-likeness (QED) is 0.675. The van der Waals surface area contributed by atoms with E-state index in [9.17, 15) is 0 Å². The smallest absolute Gasteiger partial charge is 0.198 e. The van der Waals surface area contributed by atoms with Crippen molar-refractivity contribution in [3.05, 3.63) is 24.1 Å². The van der Waals surface area contributed by atoms with E-state index in [4.69, 9.17) is 10.2 Å². The number of benzene rings is 1. The largest absolute Gasteiger partial charge is 0.440 e. The minimum absolute atomic E-state index is 0.564. The molecule has 0 saturated heterocycles. The molecule has 1 aliphatic carbocycles. The van der Waals surface area contributed by atoms with Crippen LogP contribution in [0.5, 0.6) is 0 Å². The van der Waals surface area contributed by atoms with E-state index in [1.54, 1.807) is 0 Å². The van der Waals surface area contributed by atoms with Gasteiger partial charge in [-0.2, -0.15) is 0 Å². The molecule has 1 aliphatic rings. The third kappa shape index (κ3) is 1.08. The Hall–Kier alpha value is -1.51. The van der Waals surface area contributed by atoms with Gasteiger partial charge in [0.1, 0.15) is 5.52 Å². The second-order valence-electron chi connectivity index (χ2n) is 3.55. The van der Waals surface area contributed by atoms with Crippen LogP contribution < -0.4 is 5.73 Å². The second kappa shape index (κ2) is 2.25. The van der Waals surface area contributed by atoms with E-state index in [1.807, 2.05) is 18.2 Å². The summed E-state index contributed by atoms with van der Waals surface area (Å²) in [6, 6.07) is 5.58. The van der Waals surface area contributed by atoms with Gasteiger partial charge in [-0.1, -0.05) is 0 Å². The molecule has 3 rings (SSSR count). The van der Waals surface area contributed by atoms with Crippen molar-refractivity contribution in [2.45, 2.75) is 18.8 Å². The minimum atomic E-state index is 0.564. The Morgan fingerprint density at radius 3 is 3.00 bits per heavy atom. The Balaban J connectivity index is 2.20. The van der Waals surface area contributed by atoms with E-state index in [2.05, 4.69) is 4.98 Å². The lowest BCUT2D eigenvalue weighted by molar-refractivity contribution is 0.533. The molecule has 0 spiro atoms. The van der Waals surface area contributed by atoms with Crippen LogP contribution in [0.25, 0.3) is 11.1 Å². The molecule has 2 N–H and O–H groups in total. The molecule has 3 heteroatoms. The summed E-state index contributed by atoms with van der Waals surface area (Å²) in [6.45, 7) is 0. The van der Waals surface area contributed by atoms with Crippen LogP contribution in [0.15, 0.2) is 22.6 Å². The zero-order valence-corrected chi connectivity index (χ0v) is 7.16. The molecule has 1 heterocycles. The summed E-state index contributed by atoms with van der Waals surface area (Å²) in [5, 5.41) is 0. The summed E-state index contributed by atoms with van der Waals surface area (Å²) in [5.41, 5.74) is 8.09. The van der Waals surface area contributed by atoms with Crippen molar-refractivity contribution in [2.24, 2.45) is 0 Å². The predicted molar refractivity (Wildman–Crippen MR) is 50.4 cm³/mol. The van der Waals surface area contributed by atoms with Crippen molar-refractivity contribution in [3.8, 4) is 0 Å². The molecule has 66 valence electrons. The van der Waals surface area contributed by atoms with Gasteiger partial charge in [-0.3, -0.25) is 0 Å². The lowest BCUT2D eigenvalue weighted by Crippen LogP contribution is -1.81. The number of nitrogens with two attached hydrogens (primary N) is 1. The van der Waals surface area contributed by atoms with Crippen LogP contribution in [-0.4, -0.2) is 4.98 Å². The van der Waals surface area contributed by atoms with Gasteiger partial charge in [0.25, 0.3) is 0 Å². The third-order valence-electron chi connectivity index (χ3n) is 2.36. The van der Waals surface area contributed by atoms with Crippen LogP contribution in [0.1, 0.15) is 24.7 Å². The number of rotatable bonds is 1. The van der Waals surface area contributed by atoms with E-state index >= 15 is 0 Å². The van der Waals surface area contributed by atoms with Crippen molar-refractivity contribution < 1.29 is 4.42 Å². The van der Waals surface area contributed by atoms with Crippen molar-refractivity contribution in [1.29, 1.82) is 0 Å². The number of hydrogen-bond donors (Lipinski definition) is 1. The highest BCUT2D eigenvalue weighted by Gasteiger charge is 2.28. The average molecular weight is 174 g/mol. The Bertz CT molecular complexity index is 457. The van der Waals surface area contributed by atoms with E-state index in [0.29, 0.717) is 5.92 Å². The molecule has 2 aromatic rings. The van der Waals surface area contributed by atoms with Gasteiger partial charge in [-0.05, 0) is 25.0 Å². The van der Waals surface area contributed by atoms with Crippen LogP contribution in [0.2, 0.25) is 0 Å². The zero-order chi connectivity index (χ0) is 8.84. The van der Waals surface area contributed by atoms with Gasteiger partial charge >= 0.3 is 0 Å². The number of nitrogens with zero attached hydrogens (tertiary/aromatic N) is 1. The van der Waals surface area contributed by atoms with Gasteiger partial charge in [0.15, 0.2) is 11.5 Å². The Labute approximate surface area is 75.6 Å². The molecular formula is C10H10N2O. The number of anilines is 1. The topological polar surface area (TPSA) is 52.0 Å². The molecule has 0 radical (unpaired) electrons. The van der Waals surface area contributed by atoms with Gasteiger partial charge in [-0.25, -0.2) is 4.98 Å². The standard InChI is InChI=1S/C10H10N2O/c11-7-3-4-8-9(5-7)13-10(12-8)6-1-2-6/h3-6H,1-2,11H2. The van der Waals surface area contributed by atoms with E-state index in [0.717, 1.165) is 22.7 Å². The maximum Gasteiger partial charge on any atom is 0.198 e. The zero-order valence-electron chi connectivity index (χ0n) is 7.16. The summed E-state index contributed by atoms with van der Waals surface area (Å²) in [5.74, 6) is 1.44. The summed E-state index contributed by atoms with van der Waals surface area (Å²) in [6.07, 6.45) is 2.42. The number of oxazole rings is 1. The van der Waals surface area contributed by atoms with Crippen LogP contribution in [0, 0.1) is 0 Å². The van der Waals surface area contributed by atoms with Crippen molar-refractivity contribution >= 4 is 16.8 Å². The maximum absolute atomic E-state index is 5.64.